The summed E-state index contributed by atoms with van der Waals surface area (Å²) >= 11 is 0. The molecule has 0 saturated carbocycles. The van der Waals surface area contributed by atoms with E-state index < -0.39 is 0 Å². The zero-order valence-corrected chi connectivity index (χ0v) is 16.3. The van der Waals surface area contributed by atoms with Gasteiger partial charge in [0.2, 0.25) is 0 Å². The first kappa shape index (κ1) is 21.6. The zero-order valence-electron chi connectivity index (χ0n) is 16.3. The van der Waals surface area contributed by atoms with E-state index in [0.29, 0.717) is 13.2 Å². The number of hydrogen-bond acceptors (Lipinski definition) is 3. The molecule has 0 aliphatic heterocycles. The Kier molecular flexibility index (Phi) is 9.52. The van der Waals surface area contributed by atoms with Gasteiger partial charge in [-0.1, -0.05) is 18.6 Å². The van der Waals surface area contributed by atoms with Gasteiger partial charge in [0.05, 0.1) is 36.6 Å². The highest BCUT2D eigenvalue weighted by molar-refractivity contribution is 4.93. The minimum atomic E-state index is -0.347. The summed E-state index contributed by atoms with van der Waals surface area (Å²) in [6, 6.07) is 0. The Morgan fingerprint density at radius 2 is 1.64 bits per heavy atom. The molecule has 2 atom stereocenters. The summed E-state index contributed by atoms with van der Waals surface area (Å²) in [5, 5.41) is 0. The molecule has 0 heterocycles. The summed E-state index contributed by atoms with van der Waals surface area (Å²) in [6.07, 6.45) is 4.33. The lowest BCUT2D eigenvalue weighted by molar-refractivity contribution is -0.162. The van der Waals surface area contributed by atoms with Crippen LogP contribution in [0.2, 0.25) is 0 Å². The number of ether oxygens (including phenoxy) is 3. The van der Waals surface area contributed by atoms with Crippen molar-refractivity contribution in [2.75, 3.05) is 13.2 Å². The highest BCUT2D eigenvalue weighted by Crippen LogP contribution is 2.29. The summed E-state index contributed by atoms with van der Waals surface area (Å²) in [5.74, 6) is 0. The molecule has 0 aromatic rings. The van der Waals surface area contributed by atoms with Crippen LogP contribution < -0.4 is 0 Å². The van der Waals surface area contributed by atoms with Crippen molar-refractivity contribution in [1.29, 1.82) is 0 Å². The van der Waals surface area contributed by atoms with Crippen molar-refractivity contribution < 1.29 is 14.2 Å². The maximum atomic E-state index is 6.17. The van der Waals surface area contributed by atoms with Crippen LogP contribution in [-0.4, -0.2) is 36.6 Å². The van der Waals surface area contributed by atoms with Crippen molar-refractivity contribution in [3.05, 3.63) is 11.6 Å². The lowest BCUT2D eigenvalue weighted by atomic mass is 9.90. The van der Waals surface area contributed by atoms with Gasteiger partial charge in [-0.2, -0.15) is 0 Å². The topological polar surface area (TPSA) is 27.7 Å². The standard InChI is InChI=1S/C19H38O3/c1-10-17(6)22-18(7,8)13-19(9,21-16(4)5)14-20-12-11-15(2)3/h11,16-17H,10,12-14H2,1-9H3. The third-order valence-electron chi connectivity index (χ3n) is 3.43. The van der Waals surface area contributed by atoms with Crippen molar-refractivity contribution in [1.82, 2.24) is 0 Å². The molecule has 0 aromatic heterocycles. The Morgan fingerprint density at radius 3 is 2.09 bits per heavy atom. The fourth-order valence-corrected chi connectivity index (χ4v) is 2.77. The maximum absolute atomic E-state index is 6.17. The van der Waals surface area contributed by atoms with E-state index >= 15 is 0 Å². The molecule has 0 saturated heterocycles. The predicted octanol–water partition coefficient (Wildman–Crippen LogP) is 5.14. The van der Waals surface area contributed by atoms with E-state index in [9.17, 15) is 0 Å². The number of rotatable bonds is 11. The molecule has 0 amide bonds. The van der Waals surface area contributed by atoms with E-state index in [1.807, 2.05) is 0 Å². The molecule has 0 aromatic carbocycles. The van der Waals surface area contributed by atoms with Crippen LogP contribution in [0.25, 0.3) is 0 Å². The predicted molar refractivity (Wildman–Crippen MR) is 94.4 cm³/mol. The average molecular weight is 315 g/mol. The molecule has 2 unspecified atom stereocenters. The van der Waals surface area contributed by atoms with E-state index in [0.717, 1.165) is 12.8 Å². The largest absolute Gasteiger partial charge is 0.374 e. The summed E-state index contributed by atoms with van der Waals surface area (Å²) in [7, 11) is 0. The van der Waals surface area contributed by atoms with Gasteiger partial charge in [0.1, 0.15) is 0 Å². The van der Waals surface area contributed by atoms with E-state index in [1.165, 1.54) is 5.57 Å². The minimum Gasteiger partial charge on any atom is -0.374 e. The number of hydrogen-bond donors (Lipinski definition) is 0. The molecule has 0 spiro atoms. The van der Waals surface area contributed by atoms with Crippen molar-refractivity contribution in [2.24, 2.45) is 0 Å². The van der Waals surface area contributed by atoms with Gasteiger partial charge in [-0.05, 0) is 61.8 Å². The normalized spacial score (nSPS) is 16.5. The molecule has 0 rings (SSSR count). The molecule has 0 aliphatic carbocycles. The van der Waals surface area contributed by atoms with Gasteiger partial charge in [0, 0.05) is 6.42 Å². The lowest BCUT2D eigenvalue weighted by Gasteiger charge is -2.39. The van der Waals surface area contributed by atoms with Crippen LogP contribution in [0, 0.1) is 0 Å². The summed E-state index contributed by atoms with van der Waals surface area (Å²) in [6.45, 7) is 20.2. The molecule has 3 nitrogen and oxygen atoms in total. The van der Waals surface area contributed by atoms with Crippen LogP contribution >= 0.6 is 0 Å². The van der Waals surface area contributed by atoms with Crippen LogP contribution in [-0.2, 0) is 14.2 Å². The Labute approximate surface area is 138 Å². The van der Waals surface area contributed by atoms with Gasteiger partial charge in [-0.15, -0.1) is 0 Å². The van der Waals surface area contributed by atoms with Crippen LogP contribution in [0.3, 0.4) is 0 Å². The van der Waals surface area contributed by atoms with E-state index in [2.05, 4.69) is 68.4 Å². The smallest absolute Gasteiger partial charge is 0.0917 e. The highest BCUT2D eigenvalue weighted by Gasteiger charge is 2.36. The van der Waals surface area contributed by atoms with E-state index in [-0.39, 0.29) is 23.4 Å². The summed E-state index contributed by atoms with van der Waals surface area (Å²) in [5.41, 5.74) is 0.687. The second kappa shape index (κ2) is 9.69. The molecule has 0 bridgehead atoms. The average Bonchev–Trinajstić information content (AvgIpc) is 2.31. The summed E-state index contributed by atoms with van der Waals surface area (Å²) in [4.78, 5) is 0. The quantitative estimate of drug-likeness (QED) is 0.390. The molecule has 0 radical (unpaired) electrons. The third-order valence-corrected chi connectivity index (χ3v) is 3.43. The van der Waals surface area contributed by atoms with Crippen LogP contribution in [0.4, 0.5) is 0 Å². The molecule has 0 aliphatic rings. The van der Waals surface area contributed by atoms with Gasteiger partial charge in [-0.3, -0.25) is 0 Å². The first-order valence-electron chi connectivity index (χ1n) is 8.56. The Morgan fingerprint density at radius 1 is 1.05 bits per heavy atom. The van der Waals surface area contributed by atoms with Gasteiger partial charge in [0.25, 0.3) is 0 Å². The van der Waals surface area contributed by atoms with Gasteiger partial charge in [0.15, 0.2) is 0 Å². The van der Waals surface area contributed by atoms with Crippen molar-refractivity contribution in [3.63, 3.8) is 0 Å². The van der Waals surface area contributed by atoms with Crippen LogP contribution in [0.1, 0.15) is 75.2 Å². The minimum absolute atomic E-state index is 0.163. The molecule has 22 heavy (non-hydrogen) atoms. The molecular formula is C19H38O3. The van der Waals surface area contributed by atoms with Gasteiger partial charge < -0.3 is 14.2 Å². The lowest BCUT2D eigenvalue weighted by Crippen LogP contribution is -2.45. The van der Waals surface area contributed by atoms with Crippen LogP contribution in [0.5, 0.6) is 0 Å². The Hall–Kier alpha value is -0.380. The van der Waals surface area contributed by atoms with Gasteiger partial charge >= 0.3 is 0 Å². The molecule has 132 valence electrons. The Balaban J connectivity index is 4.75. The second-order valence-electron chi connectivity index (χ2n) is 7.69. The van der Waals surface area contributed by atoms with Gasteiger partial charge in [-0.25, -0.2) is 0 Å². The fourth-order valence-electron chi connectivity index (χ4n) is 2.77. The third kappa shape index (κ3) is 10.4. The number of allylic oxidation sites excluding steroid dienone is 1. The fraction of sp³-hybridized carbons (Fsp3) is 0.895. The molecule has 0 N–H and O–H groups in total. The van der Waals surface area contributed by atoms with Crippen LogP contribution in [0.15, 0.2) is 11.6 Å². The first-order valence-corrected chi connectivity index (χ1v) is 8.56. The molecular weight excluding hydrogens is 276 g/mol. The maximum Gasteiger partial charge on any atom is 0.0917 e. The zero-order chi connectivity index (χ0) is 17.4. The highest BCUT2D eigenvalue weighted by atomic mass is 16.6. The van der Waals surface area contributed by atoms with Crippen molar-refractivity contribution in [2.45, 2.75) is 98.6 Å². The first-order chi connectivity index (χ1) is 9.99. The second-order valence-corrected chi connectivity index (χ2v) is 7.69. The van der Waals surface area contributed by atoms with Crippen molar-refractivity contribution in [3.8, 4) is 0 Å². The van der Waals surface area contributed by atoms with E-state index in [4.69, 9.17) is 14.2 Å². The van der Waals surface area contributed by atoms with E-state index in [1.54, 1.807) is 0 Å². The molecule has 0 fully saturated rings. The Bertz CT molecular complexity index is 330. The van der Waals surface area contributed by atoms with Crippen molar-refractivity contribution >= 4 is 0 Å². The summed E-state index contributed by atoms with van der Waals surface area (Å²) < 4.78 is 18.2. The SMILES string of the molecule is CCC(C)OC(C)(C)CC(C)(COCC=C(C)C)OC(C)C. The monoisotopic (exact) mass is 314 g/mol. The molecule has 3 heteroatoms.